The van der Waals surface area contributed by atoms with E-state index in [0.29, 0.717) is 0 Å². The van der Waals surface area contributed by atoms with Gasteiger partial charge in [0.2, 0.25) is 0 Å². The minimum atomic E-state index is 0.865. The molecule has 0 saturated heterocycles. The molecule has 12 aromatic rings. The van der Waals surface area contributed by atoms with Crippen LogP contribution >= 0.6 is 0 Å². The molecule has 4 nitrogen and oxygen atoms in total. The Kier molecular flexibility index (Phi) is 7.63. The first-order valence-electron chi connectivity index (χ1n) is 20.5. The second-order valence-electron chi connectivity index (χ2n) is 16.0. The van der Waals surface area contributed by atoms with E-state index in [1.807, 2.05) is 0 Å². The predicted octanol–water partition coefficient (Wildman–Crippen LogP) is 16.5. The van der Waals surface area contributed by atoms with E-state index in [-0.39, 0.29) is 0 Å². The Labute approximate surface area is 346 Å². The lowest BCUT2D eigenvalue weighted by Crippen LogP contribution is -2.09. The first kappa shape index (κ1) is 34.2. The lowest BCUT2D eigenvalue weighted by atomic mass is 10.0. The number of nitrogens with zero attached hydrogens (tertiary/aromatic N) is 2. The summed E-state index contributed by atoms with van der Waals surface area (Å²) in [5, 5.41) is 11.3. The number of anilines is 6. The molecule has 4 heteroatoms. The smallest absolute Gasteiger partial charge is 0.136 e. The molecule has 0 radical (unpaired) electrons. The Balaban J connectivity index is 0.948. The van der Waals surface area contributed by atoms with Crippen LogP contribution in [0.5, 0.6) is 0 Å². The molecule has 60 heavy (non-hydrogen) atoms. The van der Waals surface area contributed by atoms with Crippen molar-refractivity contribution in [3.8, 4) is 0 Å². The SMILES string of the molecule is Cc1cccc(N(c2ccccc2)c2ccc3cc4c(cc3c2)oc2cc3cc5oc6cc7cc(N(c8ccccc8)c8cccc(C)c8)ccc7cc6c5cc3cc24)c1. The topological polar surface area (TPSA) is 32.8 Å². The number of para-hydroxylation sites is 2. The van der Waals surface area contributed by atoms with E-state index < -0.39 is 0 Å². The number of fused-ring (bicyclic) bond motifs is 9. The highest BCUT2D eigenvalue weighted by Crippen LogP contribution is 2.42. The van der Waals surface area contributed by atoms with Crippen molar-refractivity contribution < 1.29 is 8.83 Å². The zero-order valence-corrected chi connectivity index (χ0v) is 33.2. The number of hydrogen-bond acceptors (Lipinski definition) is 4. The van der Waals surface area contributed by atoms with E-state index in [1.54, 1.807) is 0 Å². The minimum Gasteiger partial charge on any atom is -0.456 e. The normalized spacial score (nSPS) is 11.8. The third-order valence-corrected chi connectivity index (χ3v) is 12.0. The standard InChI is InChI=1S/C56H38N2O2/c1-35-11-9-17-45(23-35)57(43-13-5-3-6-14-43)47-21-19-37-27-49-51-29-41-30-52-50-28-38-20-22-48(58(44-15-7-4-8-16-44)46-18-10-12-36(2)24-46)26-40(38)32-54(50)60-56(52)34-42(41)33-55(51)59-53(49)31-39(37)25-47/h3-34H,1-2H3. The third-order valence-electron chi connectivity index (χ3n) is 12.0. The van der Waals surface area contributed by atoms with Crippen molar-refractivity contribution in [1.82, 2.24) is 0 Å². The highest BCUT2D eigenvalue weighted by Gasteiger charge is 2.18. The van der Waals surface area contributed by atoms with Crippen LogP contribution in [0.3, 0.4) is 0 Å². The summed E-state index contributed by atoms with van der Waals surface area (Å²) in [5.41, 5.74) is 12.6. The summed E-state index contributed by atoms with van der Waals surface area (Å²) in [5.74, 6) is 0. The zero-order valence-electron chi connectivity index (χ0n) is 33.2. The Bertz CT molecular complexity index is 3400. The summed E-state index contributed by atoms with van der Waals surface area (Å²) < 4.78 is 13.3. The van der Waals surface area contributed by atoms with Crippen LogP contribution in [0, 0.1) is 13.8 Å². The molecule has 0 spiro atoms. The molecule has 2 heterocycles. The lowest BCUT2D eigenvalue weighted by Gasteiger charge is -2.26. The van der Waals surface area contributed by atoms with Gasteiger partial charge in [0, 0.05) is 55.7 Å². The largest absolute Gasteiger partial charge is 0.456 e. The molecule has 284 valence electrons. The summed E-state index contributed by atoms with van der Waals surface area (Å²) in [4.78, 5) is 4.63. The van der Waals surface area contributed by atoms with E-state index >= 15 is 0 Å². The van der Waals surface area contributed by atoms with Crippen molar-refractivity contribution in [2.45, 2.75) is 13.8 Å². The molecule has 0 fully saturated rings. The molecule has 10 aromatic carbocycles. The number of hydrogen-bond donors (Lipinski definition) is 0. The molecule has 0 aliphatic rings. The molecular weight excluding hydrogens is 733 g/mol. The summed E-state index contributed by atoms with van der Waals surface area (Å²) in [7, 11) is 0. The molecule has 0 aliphatic heterocycles. The molecule has 12 rings (SSSR count). The van der Waals surface area contributed by atoms with E-state index in [0.717, 1.165) is 99.5 Å². The average Bonchev–Trinajstić information content (AvgIpc) is 3.79. The Morgan fingerprint density at radius 1 is 0.267 bits per heavy atom. The second-order valence-corrected chi connectivity index (χ2v) is 16.0. The monoisotopic (exact) mass is 770 g/mol. The van der Waals surface area contributed by atoms with E-state index in [1.165, 1.54) is 21.9 Å². The molecule has 0 bridgehead atoms. The van der Waals surface area contributed by atoms with Crippen molar-refractivity contribution in [3.63, 3.8) is 0 Å². The quantitative estimate of drug-likeness (QED) is 0.169. The maximum atomic E-state index is 6.63. The number of benzene rings is 10. The summed E-state index contributed by atoms with van der Waals surface area (Å²) in [6.07, 6.45) is 0. The maximum absolute atomic E-state index is 6.63. The van der Waals surface area contributed by atoms with Gasteiger partial charge in [-0.3, -0.25) is 0 Å². The van der Waals surface area contributed by atoms with Crippen LogP contribution in [-0.4, -0.2) is 0 Å². The van der Waals surface area contributed by atoms with Gasteiger partial charge in [0.15, 0.2) is 0 Å². The Morgan fingerprint density at radius 3 is 1.00 bits per heavy atom. The van der Waals surface area contributed by atoms with Gasteiger partial charge in [-0.05, 0) is 179 Å². The fourth-order valence-corrected chi connectivity index (χ4v) is 9.11. The van der Waals surface area contributed by atoms with Crippen molar-refractivity contribution >= 4 is 110 Å². The van der Waals surface area contributed by atoms with Gasteiger partial charge in [0.1, 0.15) is 22.3 Å². The van der Waals surface area contributed by atoms with Gasteiger partial charge in [-0.1, -0.05) is 72.8 Å². The third kappa shape index (κ3) is 5.68. The van der Waals surface area contributed by atoms with Crippen molar-refractivity contribution in [2.75, 3.05) is 9.80 Å². The minimum absolute atomic E-state index is 0.865. The molecule has 0 saturated carbocycles. The first-order chi connectivity index (χ1) is 29.5. The van der Waals surface area contributed by atoms with Crippen LogP contribution < -0.4 is 9.80 Å². The molecule has 0 unspecified atom stereocenters. The Hall–Kier alpha value is -7.82. The van der Waals surface area contributed by atoms with Crippen LogP contribution in [-0.2, 0) is 0 Å². The molecule has 0 atom stereocenters. The maximum Gasteiger partial charge on any atom is 0.136 e. The molecule has 0 N–H and O–H groups in total. The van der Waals surface area contributed by atoms with Gasteiger partial charge >= 0.3 is 0 Å². The van der Waals surface area contributed by atoms with Gasteiger partial charge in [0.25, 0.3) is 0 Å². The average molecular weight is 771 g/mol. The molecular formula is C56H38N2O2. The number of furan rings is 2. The van der Waals surface area contributed by atoms with Gasteiger partial charge in [-0.2, -0.15) is 0 Å². The fourth-order valence-electron chi connectivity index (χ4n) is 9.11. The second kappa shape index (κ2) is 13.4. The number of rotatable bonds is 6. The van der Waals surface area contributed by atoms with Crippen molar-refractivity contribution in [1.29, 1.82) is 0 Å². The van der Waals surface area contributed by atoms with E-state index in [9.17, 15) is 0 Å². The summed E-state index contributed by atoms with van der Waals surface area (Å²) in [6, 6.07) is 69.6. The zero-order chi connectivity index (χ0) is 39.9. The highest BCUT2D eigenvalue weighted by atomic mass is 16.3. The van der Waals surface area contributed by atoms with Gasteiger partial charge in [-0.15, -0.1) is 0 Å². The molecule has 2 aromatic heterocycles. The van der Waals surface area contributed by atoms with Crippen LogP contribution in [0.2, 0.25) is 0 Å². The van der Waals surface area contributed by atoms with Gasteiger partial charge in [0.05, 0.1) is 0 Å². The van der Waals surface area contributed by atoms with Crippen LogP contribution in [0.1, 0.15) is 11.1 Å². The van der Waals surface area contributed by atoms with E-state index in [4.69, 9.17) is 8.83 Å². The Morgan fingerprint density at radius 2 is 0.600 bits per heavy atom. The van der Waals surface area contributed by atoms with Crippen LogP contribution in [0.15, 0.2) is 203 Å². The van der Waals surface area contributed by atoms with Crippen molar-refractivity contribution in [3.05, 3.63) is 205 Å². The highest BCUT2D eigenvalue weighted by molar-refractivity contribution is 6.18. The van der Waals surface area contributed by atoms with Crippen LogP contribution in [0.25, 0.3) is 76.2 Å². The van der Waals surface area contributed by atoms with Gasteiger partial charge < -0.3 is 18.6 Å². The lowest BCUT2D eigenvalue weighted by molar-refractivity contribution is 0.669. The van der Waals surface area contributed by atoms with Gasteiger partial charge in [-0.25, -0.2) is 0 Å². The summed E-state index contributed by atoms with van der Waals surface area (Å²) in [6.45, 7) is 4.27. The number of aryl methyl sites for hydroxylation is 2. The molecule has 0 amide bonds. The summed E-state index contributed by atoms with van der Waals surface area (Å²) >= 11 is 0. The molecule has 0 aliphatic carbocycles. The van der Waals surface area contributed by atoms with Crippen LogP contribution in [0.4, 0.5) is 34.1 Å². The predicted molar refractivity (Wildman–Crippen MR) is 252 cm³/mol. The fraction of sp³-hybridized carbons (Fsp3) is 0.0357. The van der Waals surface area contributed by atoms with Crippen molar-refractivity contribution in [2.24, 2.45) is 0 Å². The van der Waals surface area contributed by atoms with E-state index in [2.05, 4.69) is 218 Å². The first-order valence-corrected chi connectivity index (χ1v) is 20.5.